The second-order valence-corrected chi connectivity index (χ2v) is 6.92. The van der Waals surface area contributed by atoms with E-state index >= 15 is 0 Å². The van der Waals surface area contributed by atoms with E-state index in [2.05, 4.69) is 26.1 Å². The molecule has 1 aliphatic carbocycles. The van der Waals surface area contributed by atoms with Crippen molar-refractivity contribution in [2.24, 2.45) is 5.41 Å². The normalized spacial score (nSPS) is 19.2. The lowest BCUT2D eigenvalue weighted by Gasteiger charge is -2.57. The summed E-state index contributed by atoms with van der Waals surface area (Å²) in [7, 11) is 0. The summed E-state index contributed by atoms with van der Waals surface area (Å²) < 4.78 is 13.2. The van der Waals surface area contributed by atoms with Gasteiger partial charge < -0.3 is 5.32 Å². The van der Waals surface area contributed by atoms with E-state index < -0.39 is 0 Å². The first-order valence-electron chi connectivity index (χ1n) is 8.56. The molecule has 0 bridgehead atoms. The maximum Gasteiger partial charge on any atom is 0.123 e. The van der Waals surface area contributed by atoms with Gasteiger partial charge >= 0.3 is 0 Å². The van der Waals surface area contributed by atoms with E-state index in [9.17, 15) is 4.39 Å². The van der Waals surface area contributed by atoms with Crippen molar-refractivity contribution in [3.05, 3.63) is 35.6 Å². The molecular formula is C19H30FN. The van der Waals surface area contributed by atoms with Crippen LogP contribution in [-0.2, 0) is 5.41 Å². The van der Waals surface area contributed by atoms with E-state index in [-0.39, 0.29) is 11.2 Å². The highest BCUT2D eigenvalue weighted by Crippen LogP contribution is 2.60. The molecule has 118 valence electrons. The maximum absolute atomic E-state index is 13.2. The molecule has 1 aromatic carbocycles. The average Bonchev–Trinajstić information content (AvgIpc) is 2.44. The quantitative estimate of drug-likeness (QED) is 0.706. The SMILES string of the molecule is CCCC1(CCC)CC(CNCC)(c2ccc(F)cc2)C1. The third-order valence-electron chi connectivity index (χ3n) is 5.16. The van der Waals surface area contributed by atoms with E-state index in [1.807, 2.05) is 12.1 Å². The second-order valence-electron chi connectivity index (χ2n) is 6.92. The lowest BCUT2D eigenvalue weighted by Crippen LogP contribution is -2.54. The zero-order valence-electron chi connectivity index (χ0n) is 13.8. The van der Waals surface area contributed by atoms with Crippen LogP contribution in [0.5, 0.6) is 0 Å². The lowest BCUT2D eigenvalue weighted by molar-refractivity contribution is 0.00310. The number of hydrogen-bond donors (Lipinski definition) is 1. The van der Waals surface area contributed by atoms with E-state index in [0.717, 1.165) is 13.1 Å². The molecule has 0 spiro atoms. The molecule has 0 heterocycles. The topological polar surface area (TPSA) is 12.0 Å². The zero-order valence-corrected chi connectivity index (χ0v) is 13.8. The third-order valence-corrected chi connectivity index (χ3v) is 5.16. The van der Waals surface area contributed by atoms with E-state index in [0.29, 0.717) is 5.41 Å². The van der Waals surface area contributed by atoms with Crippen LogP contribution in [0.1, 0.15) is 64.9 Å². The highest BCUT2D eigenvalue weighted by atomic mass is 19.1. The van der Waals surface area contributed by atoms with Gasteiger partial charge in [-0.15, -0.1) is 0 Å². The van der Waals surface area contributed by atoms with Gasteiger partial charge in [-0.1, -0.05) is 45.7 Å². The zero-order chi connectivity index (χ0) is 15.3. The van der Waals surface area contributed by atoms with Crippen LogP contribution in [0.2, 0.25) is 0 Å². The smallest absolute Gasteiger partial charge is 0.123 e. The minimum Gasteiger partial charge on any atom is -0.316 e. The largest absolute Gasteiger partial charge is 0.316 e. The first-order chi connectivity index (χ1) is 10.1. The monoisotopic (exact) mass is 291 g/mol. The Balaban J connectivity index is 2.19. The summed E-state index contributed by atoms with van der Waals surface area (Å²) in [6.07, 6.45) is 7.69. The maximum atomic E-state index is 13.2. The Morgan fingerprint density at radius 2 is 1.57 bits per heavy atom. The fraction of sp³-hybridized carbons (Fsp3) is 0.684. The lowest BCUT2D eigenvalue weighted by atomic mass is 9.48. The molecule has 2 rings (SSSR count). The Morgan fingerprint density at radius 1 is 1.00 bits per heavy atom. The number of rotatable bonds is 8. The summed E-state index contributed by atoms with van der Waals surface area (Å²) in [5.41, 5.74) is 2.05. The minimum atomic E-state index is -0.134. The Hall–Kier alpha value is -0.890. The van der Waals surface area contributed by atoms with Crippen LogP contribution in [0.3, 0.4) is 0 Å². The van der Waals surface area contributed by atoms with E-state index in [4.69, 9.17) is 0 Å². The second kappa shape index (κ2) is 6.91. The molecule has 1 aromatic rings. The Labute approximate surface area is 129 Å². The predicted octanol–water partition coefficient (Wildman–Crippen LogP) is 5.05. The third kappa shape index (κ3) is 3.48. The molecule has 0 radical (unpaired) electrons. The molecule has 0 atom stereocenters. The van der Waals surface area contributed by atoms with Crippen LogP contribution in [0, 0.1) is 11.2 Å². The van der Waals surface area contributed by atoms with Gasteiger partial charge in [0, 0.05) is 12.0 Å². The van der Waals surface area contributed by atoms with Crippen LogP contribution in [0.15, 0.2) is 24.3 Å². The van der Waals surface area contributed by atoms with E-state index in [1.165, 1.54) is 44.1 Å². The number of likely N-dealkylation sites (N-methyl/N-ethyl adjacent to an activating group) is 1. The van der Waals surface area contributed by atoms with Gasteiger partial charge in [0.2, 0.25) is 0 Å². The molecule has 21 heavy (non-hydrogen) atoms. The van der Waals surface area contributed by atoms with Crippen molar-refractivity contribution in [3.63, 3.8) is 0 Å². The van der Waals surface area contributed by atoms with Crippen molar-refractivity contribution in [2.45, 2.75) is 64.7 Å². The van der Waals surface area contributed by atoms with Gasteiger partial charge in [0.15, 0.2) is 0 Å². The van der Waals surface area contributed by atoms with Gasteiger partial charge in [-0.05, 0) is 55.3 Å². The standard InChI is InChI=1S/C19H30FN/c1-4-11-18(12-5-2)13-19(14-18,15-21-6-3)16-7-9-17(20)10-8-16/h7-10,21H,4-6,11-15H2,1-3H3. The summed E-state index contributed by atoms with van der Waals surface area (Å²) in [6, 6.07) is 7.22. The molecule has 1 saturated carbocycles. The summed E-state index contributed by atoms with van der Waals surface area (Å²) >= 11 is 0. The fourth-order valence-corrected chi connectivity index (χ4v) is 4.52. The number of benzene rings is 1. The first kappa shape index (κ1) is 16.5. The average molecular weight is 291 g/mol. The van der Waals surface area contributed by atoms with Crippen LogP contribution in [0.25, 0.3) is 0 Å². The molecule has 0 amide bonds. The van der Waals surface area contributed by atoms with E-state index in [1.54, 1.807) is 12.1 Å². The molecule has 0 aliphatic heterocycles. The highest BCUT2D eigenvalue weighted by Gasteiger charge is 2.53. The molecule has 1 fully saturated rings. The van der Waals surface area contributed by atoms with Gasteiger partial charge in [-0.2, -0.15) is 0 Å². The Kier molecular flexibility index (Phi) is 5.43. The van der Waals surface area contributed by atoms with Crippen LogP contribution >= 0.6 is 0 Å². The summed E-state index contributed by atoms with van der Waals surface area (Å²) in [5, 5.41) is 3.53. The number of hydrogen-bond acceptors (Lipinski definition) is 1. The van der Waals surface area contributed by atoms with Crippen molar-refractivity contribution >= 4 is 0 Å². The van der Waals surface area contributed by atoms with Gasteiger partial charge in [-0.25, -0.2) is 4.39 Å². The van der Waals surface area contributed by atoms with Gasteiger partial charge in [0.1, 0.15) is 5.82 Å². The van der Waals surface area contributed by atoms with Crippen LogP contribution in [-0.4, -0.2) is 13.1 Å². The molecular weight excluding hydrogens is 261 g/mol. The highest BCUT2D eigenvalue weighted by molar-refractivity contribution is 5.32. The van der Waals surface area contributed by atoms with Crippen molar-refractivity contribution in [3.8, 4) is 0 Å². The summed E-state index contributed by atoms with van der Waals surface area (Å²) in [5.74, 6) is -0.134. The Bertz CT molecular complexity index is 423. The van der Waals surface area contributed by atoms with Crippen molar-refractivity contribution in [1.82, 2.24) is 5.32 Å². The van der Waals surface area contributed by atoms with Gasteiger partial charge in [0.25, 0.3) is 0 Å². The fourth-order valence-electron chi connectivity index (χ4n) is 4.52. The number of nitrogens with one attached hydrogen (secondary N) is 1. The molecule has 2 heteroatoms. The summed E-state index contributed by atoms with van der Waals surface area (Å²) in [4.78, 5) is 0. The van der Waals surface area contributed by atoms with Gasteiger partial charge in [-0.3, -0.25) is 0 Å². The molecule has 1 nitrogen and oxygen atoms in total. The molecule has 1 N–H and O–H groups in total. The molecule has 0 saturated heterocycles. The summed E-state index contributed by atoms with van der Waals surface area (Å²) in [6.45, 7) is 8.75. The van der Waals surface area contributed by atoms with Crippen molar-refractivity contribution < 1.29 is 4.39 Å². The minimum absolute atomic E-state index is 0.134. The van der Waals surface area contributed by atoms with Crippen molar-refractivity contribution in [1.29, 1.82) is 0 Å². The molecule has 0 unspecified atom stereocenters. The van der Waals surface area contributed by atoms with Crippen LogP contribution in [0.4, 0.5) is 4.39 Å². The Morgan fingerprint density at radius 3 is 2.05 bits per heavy atom. The molecule has 0 aromatic heterocycles. The first-order valence-corrected chi connectivity index (χ1v) is 8.56. The predicted molar refractivity (Wildman–Crippen MR) is 88.1 cm³/mol. The van der Waals surface area contributed by atoms with Crippen LogP contribution < -0.4 is 5.32 Å². The van der Waals surface area contributed by atoms with Crippen molar-refractivity contribution in [2.75, 3.05) is 13.1 Å². The molecule has 1 aliphatic rings. The number of halogens is 1. The van der Waals surface area contributed by atoms with Gasteiger partial charge in [0.05, 0.1) is 0 Å².